The number of aliphatic imine (C=N–C) groups is 1. The molecular formula is C30H28ClF3N6O4S. The minimum Gasteiger partial charge on any atom is -0.417 e. The third kappa shape index (κ3) is 8.19. The zero-order chi connectivity index (χ0) is 32.1. The zero-order valence-electron chi connectivity index (χ0n) is 24.0. The molecule has 0 saturated carbocycles. The van der Waals surface area contributed by atoms with Crippen molar-refractivity contribution in [3.63, 3.8) is 0 Å². The number of nitrogens with zero attached hydrogens (tertiary/aromatic N) is 4. The first-order valence-corrected chi connectivity index (χ1v) is 15.1. The monoisotopic (exact) mass is 660 g/mol. The molecule has 2 fully saturated rings. The van der Waals surface area contributed by atoms with E-state index in [0.29, 0.717) is 12.0 Å². The molecule has 2 amide bonds. The van der Waals surface area contributed by atoms with Gasteiger partial charge in [-0.3, -0.25) is 14.6 Å². The van der Waals surface area contributed by atoms with Gasteiger partial charge in [-0.2, -0.15) is 13.2 Å². The summed E-state index contributed by atoms with van der Waals surface area (Å²) >= 11 is 7.21. The van der Waals surface area contributed by atoms with Crippen LogP contribution in [-0.2, 0) is 9.59 Å². The molecule has 0 bridgehead atoms. The third-order valence-electron chi connectivity index (χ3n) is 7.07. The Hall–Kier alpha value is -3.98. The first-order chi connectivity index (χ1) is 21.5. The van der Waals surface area contributed by atoms with Gasteiger partial charge >= 0.3 is 12.1 Å². The van der Waals surface area contributed by atoms with Crippen LogP contribution in [0.25, 0.3) is 17.0 Å². The first kappa shape index (κ1) is 32.4. The van der Waals surface area contributed by atoms with Gasteiger partial charge in [0.05, 0.1) is 21.0 Å². The normalized spacial score (nSPS) is 18.0. The number of alkyl halides is 3. The van der Waals surface area contributed by atoms with Crippen molar-refractivity contribution in [1.29, 1.82) is 0 Å². The van der Waals surface area contributed by atoms with Crippen molar-refractivity contribution >= 4 is 69.0 Å². The molecule has 0 spiro atoms. The van der Waals surface area contributed by atoms with Crippen LogP contribution in [0.3, 0.4) is 0 Å². The average molecular weight is 661 g/mol. The summed E-state index contributed by atoms with van der Waals surface area (Å²) in [4.78, 5) is 51.0. The van der Waals surface area contributed by atoms with Gasteiger partial charge in [-0.1, -0.05) is 23.7 Å². The van der Waals surface area contributed by atoms with Crippen LogP contribution >= 0.6 is 23.4 Å². The number of rotatable bonds is 8. The number of hydrogen-bond acceptors (Lipinski definition) is 9. The Morgan fingerprint density at radius 2 is 1.96 bits per heavy atom. The SMILES string of the molecule is CN1CCN(CCCNC(=O)c2ccc(Cl)c(N=C3NC(=O)/C(=C/c4ccc5ncccc5c4)S3)c2OC(=O)C(F)(F)F)CC1. The summed E-state index contributed by atoms with van der Waals surface area (Å²) in [7, 11) is 2.05. The van der Waals surface area contributed by atoms with Gasteiger partial charge in [-0.25, -0.2) is 9.79 Å². The van der Waals surface area contributed by atoms with E-state index in [0.717, 1.165) is 61.5 Å². The van der Waals surface area contributed by atoms with Crippen LogP contribution in [0.2, 0.25) is 5.02 Å². The summed E-state index contributed by atoms with van der Waals surface area (Å²) < 4.78 is 44.4. The Labute approximate surface area is 265 Å². The first-order valence-electron chi connectivity index (χ1n) is 13.9. The number of hydrogen-bond donors (Lipinski definition) is 2. The van der Waals surface area contributed by atoms with Crippen molar-refractivity contribution in [1.82, 2.24) is 25.4 Å². The number of carbonyl (C=O) groups is 3. The molecule has 0 unspecified atom stereocenters. The van der Waals surface area contributed by atoms with Gasteiger partial charge in [0, 0.05) is 44.3 Å². The quantitative estimate of drug-likeness (QED) is 0.156. The van der Waals surface area contributed by atoms with Gasteiger partial charge in [0.15, 0.2) is 10.9 Å². The van der Waals surface area contributed by atoms with E-state index < -0.39 is 35.4 Å². The van der Waals surface area contributed by atoms with Crippen molar-refractivity contribution < 1.29 is 32.3 Å². The molecule has 2 N–H and O–H groups in total. The molecule has 15 heteroatoms. The van der Waals surface area contributed by atoms with Crippen molar-refractivity contribution in [2.75, 3.05) is 46.3 Å². The van der Waals surface area contributed by atoms with Crippen LogP contribution in [0.4, 0.5) is 18.9 Å². The van der Waals surface area contributed by atoms with Crippen LogP contribution in [0.1, 0.15) is 22.3 Å². The lowest BCUT2D eigenvalue weighted by molar-refractivity contribution is -0.189. The lowest BCUT2D eigenvalue weighted by Crippen LogP contribution is -2.45. The minimum atomic E-state index is -5.36. The van der Waals surface area contributed by atoms with Crippen LogP contribution in [-0.4, -0.2) is 90.2 Å². The summed E-state index contributed by atoms with van der Waals surface area (Å²) in [5.74, 6) is -4.61. The number of carbonyl (C=O) groups excluding carboxylic acids is 3. The van der Waals surface area contributed by atoms with Gasteiger partial charge in [0.1, 0.15) is 5.69 Å². The number of benzene rings is 2. The fourth-order valence-electron chi connectivity index (χ4n) is 4.67. The summed E-state index contributed by atoms with van der Waals surface area (Å²) in [6.07, 6.45) is -1.47. The van der Waals surface area contributed by atoms with E-state index >= 15 is 0 Å². The highest BCUT2D eigenvalue weighted by atomic mass is 35.5. The molecule has 3 aromatic rings. The number of aromatic nitrogens is 1. The Kier molecular flexibility index (Phi) is 10.1. The topological polar surface area (TPSA) is 116 Å². The highest BCUT2D eigenvalue weighted by molar-refractivity contribution is 8.18. The maximum Gasteiger partial charge on any atom is 0.491 e. The van der Waals surface area contributed by atoms with E-state index in [4.69, 9.17) is 11.6 Å². The Balaban J connectivity index is 1.37. The van der Waals surface area contributed by atoms with Crippen molar-refractivity contribution in [3.05, 3.63) is 69.7 Å². The second-order valence-corrected chi connectivity index (χ2v) is 11.8. The van der Waals surface area contributed by atoms with Crippen LogP contribution in [0, 0.1) is 0 Å². The fourth-order valence-corrected chi connectivity index (χ4v) is 5.69. The summed E-state index contributed by atoms with van der Waals surface area (Å²) in [5, 5.41) is 5.83. The number of ether oxygens (including phenoxy) is 1. The standard InChI is InChI=1S/C30H28ClF3N6O4S/c1-39-12-14-40(15-13-39)11-3-10-36-26(41)20-6-7-21(31)24(25(20)44-28(43)30(32,33)34)37-29-38-27(42)23(45-29)17-18-5-8-22-19(16-18)4-2-9-35-22/h2,4-9,16-17H,3,10-15H2,1H3,(H,36,41)(H,37,38,42)/b23-17-. The number of amidine groups is 1. The lowest BCUT2D eigenvalue weighted by atomic mass is 10.1. The molecule has 2 aliphatic rings. The zero-order valence-corrected chi connectivity index (χ0v) is 25.6. The maximum absolute atomic E-state index is 13.2. The molecule has 236 valence electrons. The molecule has 1 aromatic heterocycles. The highest BCUT2D eigenvalue weighted by Crippen LogP contribution is 2.41. The number of halogens is 4. The summed E-state index contributed by atoms with van der Waals surface area (Å²) in [6, 6.07) is 11.5. The molecule has 5 rings (SSSR count). The molecular weight excluding hydrogens is 633 g/mol. The van der Waals surface area contributed by atoms with E-state index in [9.17, 15) is 27.6 Å². The number of amides is 2. The molecule has 0 atom stereocenters. The van der Waals surface area contributed by atoms with Gasteiger partial charge in [0.2, 0.25) is 0 Å². The second kappa shape index (κ2) is 14.0. The molecule has 0 aliphatic carbocycles. The number of likely N-dealkylation sites (N-methyl/N-ethyl adjacent to an activating group) is 1. The van der Waals surface area contributed by atoms with Crippen molar-refractivity contribution in [3.8, 4) is 5.75 Å². The smallest absolute Gasteiger partial charge is 0.417 e. The molecule has 3 heterocycles. The minimum absolute atomic E-state index is 0.0374. The number of piperazine rings is 1. The molecule has 0 radical (unpaired) electrons. The molecule has 2 aliphatic heterocycles. The molecule has 2 saturated heterocycles. The van der Waals surface area contributed by atoms with Gasteiger partial charge in [-0.15, -0.1) is 0 Å². The van der Waals surface area contributed by atoms with Crippen molar-refractivity contribution in [2.45, 2.75) is 12.6 Å². The predicted octanol–water partition coefficient (Wildman–Crippen LogP) is 4.61. The Bertz CT molecular complexity index is 1690. The number of esters is 1. The van der Waals surface area contributed by atoms with E-state index in [2.05, 4.69) is 35.1 Å². The Morgan fingerprint density at radius 3 is 2.71 bits per heavy atom. The number of nitrogens with one attached hydrogen (secondary N) is 2. The largest absolute Gasteiger partial charge is 0.491 e. The molecule has 10 nitrogen and oxygen atoms in total. The predicted molar refractivity (Wildman–Crippen MR) is 167 cm³/mol. The van der Waals surface area contributed by atoms with Gasteiger partial charge in [0.25, 0.3) is 11.8 Å². The number of thioether (sulfide) groups is 1. The van der Waals surface area contributed by atoms with Crippen LogP contribution in [0.5, 0.6) is 5.75 Å². The summed E-state index contributed by atoms with van der Waals surface area (Å²) in [6.45, 7) is 4.63. The van der Waals surface area contributed by atoms with Crippen molar-refractivity contribution in [2.24, 2.45) is 4.99 Å². The summed E-state index contributed by atoms with van der Waals surface area (Å²) in [5.41, 5.74) is 0.699. The number of fused-ring (bicyclic) bond motifs is 1. The van der Waals surface area contributed by atoms with Crippen LogP contribution in [0.15, 0.2) is 58.6 Å². The molecule has 2 aromatic carbocycles. The van der Waals surface area contributed by atoms with E-state index in [1.165, 1.54) is 6.07 Å². The fraction of sp³-hybridized carbons (Fsp3) is 0.300. The van der Waals surface area contributed by atoms with E-state index in [-0.39, 0.29) is 27.2 Å². The average Bonchev–Trinajstić information content (AvgIpc) is 3.35. The molecule has 45 heavy (non-hydrogen) atoms. The number of pyridine rings is 1. The van der Waals surface area contributed by atoms with Gasteiger partial charge < -0.3 is 25.2 Å². The van der Waals surface area contributed by atoms with Gasteiger partial charge in [-0.05, 0) is 73.7 Å². The second-order valence-electron chi connectivity index (χ2n) is 10.4. The lowest BCUT2D eigenvalue weighted by Gasteiger charge is -2.32. The Morgan fingerprint density at radius 1 is 1.18 bits per heavy atom. The van der Waals surface area contributed by atoms with E-state index in [1.54, 1.807) is 30.5 Å². The highest BCUT2D eigenvalue weighted by Gasteiger charge is 2.42. The van der Waals surface area contributed by atoms with Crippen LogP contribution < -0.4 is 15.4 Å². The maximum atomic E-state index is 13.2. The van der Waals surface area contributed by atoms with E-state index in [1.807, 2.05) is 19.2 Å². The third-order valence-corrected chi connectivity index (χ3v) is 8.29.